The summed E-state index contributed by atoms with van der Waals surface area (Å²) >= 11 is 0. The molecule has 1 amide bonds. The van der Waals surface area contributed by atoms with E-state index in [1.165, 1.54) is 30.3 Å². The molecule has 2 aromatic rings. The van der Waals surface area contributed by atoms with Gasteiger partial charge < -0.3 is 5.73 Å². The molecule has 0 saturated carbocycles. The fourth-order valence-electron chi connectivity index (χ4n) is 1.54. The molecule has 0 atom stereocenters. The first-order valence-corrected chi connectivity index (χ1v) is 5.43. The number of benzene rings is 1. The van der Waals surface area contributed by atoms with Crippen LogP contribution in [0.15, 0.2) is 36.5 Å². The number of nitrogens with two attached hydrogens (primary N) is 1. The maximum Gasteiger partial charge on any atom is 0.259 e. The van der Waals surface area contributed by atoms with Gasteiger partial charge in [-0.05, 0) is 24.3 Å². The van der Waals surface area contributed by atoms with Crippen LogP contribution in [0.1, 0.15) is 10.4 Å². The van der Waals surface area contributed by atoms with Crippen LogP contribution in [0.25, 0.3) is 0 Å². The third kappa shape index (κ3) is 2.67. The number of carbonyl (C=O) groups excluding carboxylic acids is 1. The van der Waals surface area contributed by atoms with Gasteiger partial charge in [-0.25, -0.2) is 13.8 Å². The molecule has 0 aliphatic carbocycles. The van der Waals surface area contributed by atoms with Crippen LogP contribution in [-0.4, -0.2) is 17.9 Å². The number of amides is 1. The smallest absolute Gasteiger partial charge is 0.259 e. The number of anilines is 2. The Kier molecular flexibility index (Phi) is 3.41. The van der Waals surface area contributed by atoms with Gasteiger partial charge in [-0.2, -0.15) is 0 Å². The standard InChI is InChI=1S/C13H11F2N3O/c1-18(12-7-9(16)4-5-17-12)13(19)8-2-3-10(14)11(15)6-8/h2-7H,1H3,(H2,16,17). The van der Waals surface area contributed by atoms with Crippen molar-refractivity contribution >= 4 is 17.4 Å². The molecule has 0 unspecified atom stereocenters. The van der Waals surface area contributed by atoms with Crippen molar-refractivity contribution in [2.45, 2.75) is 0 Å². The molecule has 0 bridgehead atoms. The van der Waals surface area contributed by atoms with Gasteiger partial charge in [0.2, 0.25) is 0 Å². The van der Waals surface area contributed by atoms with Gasteiger partial charge in [-0.15, -0.1) is 0 Å². The molecule has 1 aromatic heterocycles. The number of halogens is 2. The zero-order valence-corrected chi connectivity index (χ0v) is 10.1. The lowest BCUT2D eigenvalue weighted by Crippen LogP contribution is -2.27. The summed E-state index contributed by atoms with van der Waals surface area (Å²) in [5.74, 6) is -2.24. The first-order chi connectivity index (χ1) is 8.99. The van der Waals surface area contributed by atoms with Crippen LogP contribution in [0.2, 0.25) is 0 Å². The molecule has 98 valence electrons. The number of pyridine rings is 1. The Labute approximate surface area is 108 Å². The van der Waals surface area contributed by atoms with E-state index in [2.05, 4.69) is 4.98 Å². The Morgan fingerprint density at radius 2 is 1.95 bits per heavy atom. The lowest BCUT2D eigenvalue weighted by Gasteiger charge is -2.16. The molecule has 0 spiro atoms. The van der Waals surface area contributed by atoms with Crippen molar-refractivity contribution in [3.63, 3.8) is 0 Å². The van der Waals surface area contributed by atoms with Gasteiger partial charge in [0.25, 0.3) is 5.91 Å². The van der Waals surface area contributed by atoms with Gasteiger partial charge in [0.15, 0.2) is 11.6 Å². The molecule has 19 heavy (non-hydrogen) atoms. The van der Waals surface area contributed by atoms with Crippen molar-refractivity contribution in [2.75, 3.05) is 17.7 Å². The van der Waals surface area contributed by atoms with E-state index in [0.29, 0.717) is 11.5 Å². The quantitative estimate of drug-likeness (QED) is 0.903. The first kappa shape index (κ1) is 12.9. The molecule has 0 radical (unpaired) electrons. The van der Waals surface area contributed by atoms with Crippen molar-refractivity contribution in [2.24, 2.45) is 0 Å². The number of hydrogen-bond donors (Lipinski definition) is 1. The van der Waals surface area contributed by atoms with Gasteiger partial charge in [0, 0.05) is 30.6 Å². The molecule has 1 aromatic carbocycles. The van der Waals surface area contributed by atoms with Gasteiger partial charge >= 0.3 is 0 Å². The summed E-state index contributed by atoms with van der Waals surface area (Å²) in [6.07, 6.45) is 1.46. The lowest BCUT2D eigenvalue weighted by atomic mass is 10.2. The summed E-state index contributed by atoms with van der Waals surface area (Å²) in [7, 11) is 1.48. The summed E-state index contributed by atoms with van der Waals surface area (Å²) in [6.45, 7) is 0. The van der Waals surface area contributed by atoms with E-state index in [9.17, 15) is 13.6 Å². The lowest BCUT2D eigenvalue weighted by molar-refractivity contribution is 0.0992. The minimum absolute atomic E-state index is 0.0330. The number of aromatic nitrogens is 1. The normalized spacial score (nSPS) is 10.3. The van der Waals surface area contributed by atoms with Crippen molar-refractivity contribution in [3.8, 4) is 0 Å². The average Bonchev–Trinajstić information content (AvgIpc) is 2.40. The highest BCUT2D eigenvalue weighted by Crippen LogP contribution is 2.16. The van der Waals surface area contributed by atoms with Gasteiger partial charge in [-0.3, -0.25) is 9.69 Å². The Balaban J connectivity index is 2.30. The Bertz CT molecular complexity index is 631. The maximum absolute atomic E-state index is 13.1. The maximum atomic E-state index is 13.1. The highest BCUT2D eigenvalue weighted by Gasteiger charge is 2.16. The van der Waals surface area contributed by atoms with E-state index in [-0.39, 0.29) is 5.56 Å². The number of hydrogen-bond acceptors (Lipinski definition) is 3. The fourth-order valence-corrected chi connectivity index (χ4v) is 1.54. The van der Waals surface area contributed by atoms with Crippen molar-refractivity contribution in [1.29, 1.82) is 0 Å². The summed E-state index contributed by atoms with van der Waals surface area (Å²) in [5.41, 5.74) is 6.08. The largest absolute Gasteiger partial charge is 0.399 e. The van der Waals surface area contributed by atoms with Gasteiger partial charge in [0.1, 0.15) is 5.82 Å². The predicted octanol–water partition coefficient (Wildman–Crippen LogP) is 2.22. The molecule has 4 nitrogen and oxygen atoms in total. The highest BCUT2D eigenvalue weighted by molar-refractivity contribution is 6.05. The zero-order valence-electron chi connectivity index (χ0n) is 10.1. The van der Waals surface area contributed by atoms with Crippen LogP contribution < -0.4 is 10.6 Å². The van der Waals surface area contributed by atoms with E-state index in [0.717, 1.165) is 12.1 Å². The SMILES string of the molecule is CN(C(=O)c1ccc(F)c(F)c1)c1cc(N)ccn1. The number of rotatable bonds is 2. The van der Waals surface area contributed by atoms with Gasteiger partial charge in [-0.1, -0.05) is 0 Å². The molecule has 2 N–H and O–H groups in total. The minimum Gasteiger partial charge on any atom is -0.399 e. The summed E-state index contributed by atoms with van der Waals surface area (Å²) < 4.78 is 25.9. The first-order valence-electron chi connectivity index (χ1n) is 5.43. The number of carbonyl (C=O) groups is 1. The summed E-state index contributed by atoms with van der Waals surface area (Å²) in [6, 6.07) is 6.06. The summed E-state index contributed by atoms with van der Waals surface area (Å²) in [5, 5.41) is 0. The zero-order chi connectivity index (χ0) is 14.0. The second kappa shape index (κ2) is 5.01. The molecule has 1 heterocycles. The Morgan fingerprint density at radius 1 is 1.21 bits per heavy atom. The average molecular weight is 263 g/mol. The van der Waals surface area contributed by atoms with Crippen molar-refractivity contribution in [3.05, 3.63) is 53.7 Å². The molecule has 0 aliphatic rings. The molecule has 0 aliphatic heterocycles. The number of nitrogens with zero attached hydrogens (tertiary/aromatic N) is 2. The fraction of sp³-hybridized carbons (Fsp3) is 0.0769. The Morgan fingerprint density at radius 3 is 2.58 bits per heavy atom. The molecular formula is C13H11F2N3O. The molecule has 6 heteroatoms. The van der Waals surface area contributed by atoms with E-state index in [1.54, 1.807) is 6.07 Å². The number of nitrogen functional groups attached to an aromatic ring is 1. The summed E-state index contributed by atoms with van der Waals surface area (Å²) in [4.78, 5) is 17.3. The minimum atomic E-state index is -1.07. The van der Waals surface area contributed by atoms with E-state index >= 15 is 0 Å². The third-order valence-corrected chi connectivity index (χ3v) is 2.58. The second-order valence-electron chi connectivity index (χ2n) is 3.94. The van der Waals surface area contributed by atoms with E-state index in [1.807, 2.05) is 0 Å². The van der Waals surface area contributed by atoms with Crippen LogP contribution >= 0.6 is 0 Å². The van der Waals surface area contributed by atoms with Crippen LogP contribution in [-0.2, 0) is 0 Å². The Hall–Kier alpha value is -2.50. The van der Waals surface area contributed by atoms with Crippen molar-refractivity contribution < 1.29 is 13.6 Å². The van der Waals surface area contributed by atoms with Crippen LogP contribution in [0.4, 0.5) is 20.3 Å². The van der Waals surface area contributed by atoms with Crippen LogP contribution in [0, 0.1) is 11.6 Å². The highest BCUT2D eigenvalue weighted by atomic mass is 19.2. The van der Waals surface area contributed by atoms with Crippen LogP contribution in [0.3, 0.4) is 0 Å². The molecule has 0 fully saturated rings. The van der Waals surface area contributed by atoms with Gasteiger partial charge in [0.05, 0.1) is 0 Å². The molecule has 0 saturated heterocycles. The molecular weight excluding hydrogens is 252 g/mol. The third-order valence-electron chi connectivity index (χ3n) is 2.58. The molecule has 2 rings (SSSR count). The predicted molar refractivity (Wildman–Crippen MR) is 67.7 cm³/mol. The topological polar surface area (TPSA) is 59.2 Å². The van der Waals surface area contributed by atoms with E-state index in [4.69, 9.17) is 5.73 Å². The van der Waals surface area contributed by atoms with Crippen LogP contribution in [0.5, 0.6) is 0 Å². The van der Waals surface area contributed by atoms with E-state index < -0.39 is 17.5 Å². The monoisotopic (exact) mass is 263 g/mol. The second-order valence-corrected chi connectivity index (χ2v) is 3.94. The van der Waals surface area contributed by atoms with Crippen molar-refractivity contribution in [1.82, 2.24) is 4.98 Å².